The number of carbonyl (C=O) groups is 1. The molecule has 11 heteroatoms. The fourth-order valence-corrected chi connectivity index (χ4v) is 5.60. The van der Waals surface area contributed by atoms with Crippen LogP contribution < -0.4 is 24.4 Å². The van der Waals surface area contributed by atoms with Gasteiger partial charge in [-0.25, -0.2) is 17.5 Å². The van der Waals surface area contributed by atoms with E-state index in [0.29, 0.717) is 12.3 Å². The highest BCUT2D eigenvalue weighted by Crippen LogP contribution is 2.39. The second-order valence-corrected chi connectivity index (χ2v) is 9.54. The van der Waals surface area contributed by atoms with Crippen LogP contribution in [0.4, 0.5) is 16.2 Å². The van der Waals surface area contributed by atoms with Crippen LogP contribution >= 0.6 is 0 Å². The molecule has 2 aromatic carbocycles. The number of urea groups is 1. The molecule has 0 saturated carbocycles. The quantitative estimate of drug-likeness (QED) is 0.648. The first-order chi connectivity index (χ1) is 15.9. The van der Waals surface area contributed by atoms with Gasteiger partial charge in [-0.2, -0.15) is 0 Å². The first-order valence-corrected chi connectivity index (χ1v) is 12.0. The van der Waals surface area contributed by atoms with Gasteiger partial charge in [0, 0.05) is 44.9 Å². The van der Waals surface area contributed by atoms with Crippen LogP contribution in [0, 0.1) is 0 Å². The summed E-state index contributed by atoms with van der Waals surface area (Å²) in [6.45, 7) is 3.54. The molecule has 0 bridgehead atoms. The van der Waals surface area contributed by atoms with Crippen molar-refractivity contribution in [1.82, 2.24) is 9.21 Å². The highest BCUT2D eigenvalue weighted by Gasteiger charge is 2.38. The summed E-state index contributed by atoms with van der Waals surface area (Å²) in [6.07, 6.45) is 0. The van der Waals surface area contributed by atoms with Crippen molar-refractivity contribution in [2.24, 2.45) is 0 Å². The molecular formula is C22H28N4O6S. The maximum atomic E-state index is 13.2. The number of carbonyl (C=O) groups excluding carboxylic acids is 1. The second-order valence-electron chi connectivity index (χ2n) is 7.71. The van der Waals surface area contributed by atoms with E-state index in [4.69, 9.17) is 14.2 Å². The summed E-state index contributed by atoms with van der Waals surface area (Å²) in [5.41, 5.74) is 1.22. The molecular weight excluding hydrogens is 448 g/mol. The van der Waals surface area contributed by atoms with Crippen molar-refractivity contribution in [3.05, 3.63) is 36.4 Å². The molecule has 0 spiro atoms. The van der Waals surface area contributed by atoms with Gasteiger partial charge in [0.05, 0.1) is 39.2 Å². The minimum absolute atomic E-state index is 0.0132. The molecule has 2 aromatic rings. The van der Waals surface area contributed by atoms with Gasteiger partial charge >= 0.3 is 6.03 Å². The molecule has 0 atom stereocenters. The number of nitrogens with zero attached hydrogens (tertiary/aromatic N) is 3. The highest BCUT2D eigenvalue weighted by molar-refractivity contribution is 7.90. The molecule has 0 aliphatic carbocycles. The molecule has 33 heavy (non-hydrogen) atoms. The predicted octanol–water partition coefficient (Wildman–Crippen LogP) is 2.07. The minimum atomic E-state index is -4.02. The summed E-state index contributed by atoms with van der Waals surface area (Å²) in [4.78, 5) is 17.0. The highest BCUT2D eigenvalue weighted by atomic mass is 32.2. The summed E-state index contributed by atoms with van der Waals surface area (Å²) in [5, 5.41) is 2.65. The Labute approximate surface area is 193 Å². The number of para-hydroxylation sites is 2. The molecule has 178 valence electrons. The molecule has 0 aromatic heterocycles. The Morgan fingerprint density at radius 1 is 0.879 bits per heavy atom. The number of nitrogens with one attached hydrogen (secondary N) is 1. The average Bonchev–Trinajstić information content (AvgIpc) is 2.83. The van der Waals surface area contributed by atoms with E-state index in [1.165, 1.54) is 26.4 Å². The third kappa shape index (κ3) is 4.38. The van der Waals surface area contributed by atoms with E-state index in [1.807, 2.05) is 24.3 Å². The van der Waals surface area contributed by atoms with E-state index in [-0.39, 0.29) is 22.9 Å². The Hall–Kier alpha value is -3.18. The number of fused-ring (bicyclic) bond motifs is 1. The van der Waals surface area contributed by atoms with Crippen LogP contribution in [0.1, 0.15) is 0 Å². The molecule has 2 aliphatic heterocycles. The molecule has 0 radical (unpaired) electrons. The van der Waals surface area contributed by atoms with Crippen LogP contribution in [0.15, 0.2) is 41.3 Å². The van der Waals surface area contributed by atoms with Crippen LogP contribution in [0.25, 0.3) is 0 Å². The van der Waals surface area contributed by atoms with Gasteiger partial charge in [0.25, 0.3) is 10.0 Å². The number of ether oxygens (including phenoxy) is 3. The Kier molecular flexibility index (Phi) is 6.52. The predicted molar refractivity (Wildman–Crippen MR) is 124 cm³/mol. The van der Waals surface area contributed by atoms with E-state index in [9.17, 15) is 13.2 Å². The molecule has 10 nitrogen and oxygen atoms in total. The molecule has 2 aliphatic rings. The van der Waals surface area contributed by atoms with Gasteiger partial charge in [-0.1, -0.05) is 12.1 Å². The average molecular weight is 477 g/mol. The van der Waals surface area contributed by atoms with Crippen molar-refractivity contribution in [3.63, 3.8) is 0 Å². The second kappa shape index (κ2) is 9.36. The van der Waals surface area contributed by atoms with Crippen molar-refractivity contribution in [2.75, 3.05) is 70.8 Å². The van der Waals surface area contributed by atoms with Gasteiger partial charge in [0.1, 0.15) is 10.6 Å². The number of piperazine rings is 1. The van der Waals surface area contributed by atoms with Gasteiger partial charge in [0.2, 0.25) is 0 Å². The first-order valence-electron chi connectivity index (χ1n) is 10.6. The zero-order valence-corrected chi connectivity index (χ0v) is 19.7. The van der Waals surface area contributed by atoms with Crippen LogP contribution in [0.3, 0.4) is 0 Å². The van der Waals surface area contributed by atoms with Crippen molar-refractivity contribution < 1.29 is 27.4 Å². The van der Waals surface area contributed by atoms with Crippen molar-refractivity contribution in [1.29, 1.82) is 0 Å². The van der Waals surface area contributed by atoms with Gasteiger partial charge < -0.3 is 24.4 Å². The van der Waals surface area contributed by atoms with Crippen LogP contribution in [0.2, 0.25) is 0 Å². The van der Waals surface area contributed by atoms with Crippen molar-refractivity contribution >= 4 is 27.4 Å². The molecule has 2 heterocycles. The van der Waals surface area contributed by atoms with Crippen molar-refractivity contribution in [3.8, 4) is 17.2 Å². The van der Waals surface area contributed by atoms with Crippen LogP contribution in [0.5, 0.6) is 17.2 Å². The Morgan fingerprint density at radius 3 is 2.18 bits per heavy atom. The van der Waals surface area contributed by atoms with E-state index in [0.717, 1.165) is 41.9 Å². The number of benzene rings is 2. The maximum Gasteiger partial charge on any atom is 0.335 e. The van der Waals surface area contributed by atoms with Crippen LogP contribution in [-0.4, -0.2) is 84.3 Å². The van der Waals surface area contributed by atoms with Gasteiger partial charge in [0.15, 0.2) is 11.5 Å². The normalized spacial score (nSPS) is 17.8. The Bertz CT molecular complexity index is 1130. The topological polar surface area (TPSA) is 101 Å². The minimum Gasteiger partial charge on any atom is -0.495 e. The number of methoxy groups -OCH3 is 3. The molecule has 1 fully saturated rings. The third-order valence-corrected chi connectivity index (χ3v) is 7.76. The van der Waals surface area contributed by atoms with Gasteiger partial charge in [-0.15, -0.1) is 0 Å². The number of hydrogen-bond donors (Lipinski definition) is 1. The number of hydrogen-bond acceptors (Lipinski definition) is 8. The van der Waals surface area contributed by atoms with Gasteiger partial charge in [-0.05, 0) is 12.1 Å². The lowest BCUT2D eigenvalue weighted by atomic mass is 10.2. The summed E-state index contributed by atoms with van der Waals surface area (Å²) >= 11 is 0. The summed E-state index contributed by atoms with van der Waals surface area (Å²) in [7, 11) is 0.514. The standard InChI is InChI=1S/C22H28N4O6S/c1-30-18-7-5-4-6-17(18)25-11-8-24(9-12-25)10-13-26-22(27)23-16-14-19(31-2)20(32-3)15-21(16)33(26,28)29/h4-7,14-15H,8-13H2,1-3H3,(H,23,27). The number of amides is 2. The monoisotopic (exact) mass is 476 g/mol. The SMILES string of the molecule is COc1cc2c(cc1OC)S(=O)(=O)N(CCN1CCN(c3ccccc3OC)CC1)C(=O)N2. The van der Waals surface area contributed by atoms with E-state index in [2.05, 4.69) is 15.1 Å². The molecule has 1 N–H and O–H groups in total. The van der Waals surface area contributed by atoms with Crippen molar-refractivity contribution in [2.45, 2.75) is 4.90 Å². The van der Waals surface area contributed by atoms with E-state index >= 15 is 0 Å². The Balaban J connectivity index is 1.43. The number of rotatable bonds is 7. The molecule has 1 saturated heterocycles. The largest absolute Gasteiger partial charge is 0.495 e. The smallest absolute Gasteiger partial charge is 0.335 e. The Morgan fingerprint density at radius 2 is 1.52 bits per heavy atom. The lowest BCUT2D eigenvalue weighted by molar-refractivity contribution is 0.217. The lowest BCUT2D eigenvalue weighted by Crippen LogP contribution is -2.51. The lowest BCUT2D eigenvalue weighted by Gasteiger charge is -2.37. The molecule has 0 unspecified atom stereocenters. The fraction of sp³-hybridized carbons (Fsp3) is 0.409. The third-order valence-electron chi connectivity index (χ3n) is 5.94. The number of anilines is 2. The van der Waals surface area contributed by atoms with Crippen LogP contribution in [-0.2, 0) is 10.0 Å². The first kappa shape index (κ1) is 23.0. The number of sulfonamides is 1. The van der Waals surface area contributed by atoms with E-state index in [1.54, 1.807) is 7.11 Å². The zero-order chi connectivity index (χ0) is 23.6. The molecule has 2 amide bonds. The fourth-order valence-electron chi connectivity index (χ4n) is 4.13. The summed E-state index contributed by atoms with van der Waals surface area (Å²) in [5.74, 6) is 1.45. The summed E-state index contributed by atoms with van der Waals surface area (Å²) < 4.78 is 43.2. The van der Waals surface area contributed by atoms with E-state index < -0.39 is 16.1 Å². The zero-order valence-electron chi connectivity index (χ0n) is 18.9. The molecule has 4 rings (SSSR count). The summed E-state index contributed by atoms with van der Waals surface area (Å²) in [6, 6.07) is 10.0. The van der Waals surface area contributed by atoms with Gasteiger partial charge in [-0.3, -0.25) is 4.90 Å². The maximum absolute atomic E-state index is 13.2.